The van der Waals surface area contributed by atoms with Crippen LogP contribution in [0.15, 0.2) is 0 Å². The zero-order valence-corrected chi connectivity index (χ0v) is 36.3. The highest BCUT2D eigenvalue weighted by atomic mass is 32.2. The summed E-state index contributed by atoms with van der Waals surface area (Å²) >= 11 is 1.37. The Morgan fingerprint density at radius 3 is 1.54 bits per heavy atom. The van der Waals surface area contributed by atoms with Crippen LogP contribution in [-0.4, -0.2) is 109 Å². The van der Waals surface area contributed by atoms with Gasteiger partial charge in [-0.25, -0.2) is 4.79 Å². The van der Waals surface area contributed by atoms with Crippen molar-refractivity contribution in [2.45, 2.75) is 205 Å². The van der Waals surface area contributed by atoms with Crippen molar-refractivity contribution in [2.75, 3.05) is 59.1 Å². The quantitative estimate of drug-likeness (QED) is 0.0372. The smallest absolute Gasteiger partial charge is 0.348 e. The Labute approximate surface area is 336 Å². The third-order valence-electron chi connectivity index (χ3n) is 10.6. The van der Waals surface area contributed by atoms with E-state index in [-0.39, 0.29) is 25.6 Å². The van der Waals surface area contributed by atoms with Crippen molar-refractivity contribution < 1.29 is 33.7 Å². The molecule has 0 amide bonds. The second-order valence-electron chi connectivity index (χ2n) is 15.6. The van der Waals surface area contributed by atoms with Crippen molar-refractivity contribution in [1.29, 1.82) is 0 Å². The zero-order valence-electron chi connectivity index (χ0n) is 35.5. The van der Waals surface area contributed by atoms with Crippen molar-refractivity contribution in [2.24, 2.45) is 0 Å². The van der Waals surface area contributed by atoms with E-state index in [0.29, 0.717) is 32.4 Å². The van der Waals surface area contributed by atoms with E-state index >= 15 is 0 Å². The molecule has 0 aromatic rings. The summed E-state index contributed by atoms with van der Waals surface area (Å²) in [6, 6.07) is 0. The van der Waals surface area contributed by atoms with Crippen LogP contribution in [0.4, 0.5) is 0 Å². The first-order chi connectivity index (χ1) is 26.4. The van der Waals surface area contributed by atoms with E-state index in [2.05, 4.69) is 23.6 Å². The zero-order chi connectivity index (χ0) is 39.5. The Kier molecular flexibility index (Phi) is 33.8. The average molecular weight is 785 g/mol. The monoisotopic (exact) mass is 785 g/mol. The number of thioether (sulfide) groups is 1. The SMILES string of the molecule is CCCCCCCCCCCCCCCCCCCCOC(=O)C(C)SC(CCCCC)C(OC(=O)CCCN1CCN(CCO)CC1)C(=O)OCCC. The van der Waals surface area contributed by atoms with Crippen LogP contribution in [0.1, 0.15) is 188 Å². The Morgan fingerprint density at radius 1 is 0.574 bits per heavy atom. The van der Waals surface area contributed by atoms with Gasteiger partial charge in [-0.1, -0.05) is 149 Å². The van der Waals surface area contributed by atoms with Gasteiger partial charge in [0.15, 0.2) is 0 Å². The molecule has 3 atom stereocenters. The number of piperazine rings is 1. The number of ether oxygens (including phenoxy) is 3. The van der Waals surface area contributed by atoms with Gasteiger partial charge in [0.2, 0.25) is 6.10 Å². The molecule has 10 heteroatoms. The van der Waals surface area contributed by atoms with E-state index in [1.807, 2.05) is 13.8 Å². The van der Waals surface area contributed by atoms with Crippen molar-refractivity contribution in [3.05, 3.63) is 0 Å². The van der Waals surface area contributed by atoms with Crippen LogP contribution in [0.3, 0.4) is 0 Å². The maximum absolute atomic E-state index is 13.3. The lowest BCUT2D eigenvalue weighted by Crippen LogP contribution is -2.47. The summed E-state index contributed by atoms with van der Waals surface area (Å²) in [6.07, 6.45) is 27.7. The predicted molar refractivity (Wildman–Crippen MR) is 225 cm³/mol. The number of hydrogen-bond acceptors (Lipinski definition) is 10. The third kappa shape index (κ3) is 27.3. The molecule has 9 nitrogen and oxygen atoms in total. The molecule has 1 rings (SSSR count). The molecule has 1 saturated heterocycles. The summed E-state index contributed by atoms with van der Waals surface area (Å²) in [5.74, 6) is -1.21. The molecule has 54 heavy (non-hydrogen) atoms. The minimum Gasteiger partial charge on any atom is -0.465 e. The molecule has 318 valence electrons. The van der Waals surface area contributed by atoms with Gasteiger partial charge in [0.25, 0.3) is 0 Å². The molecule has 0 aliphatic carbocycles. The topological polar surface area (TPSA) is 106 Å². The van der Waals surface area contributed by atoms with Gasteiger partial charge in [-0.3, -0.25) is 14.5 Å². The molecule has 0 radical (unpaired) electrons. The number of hydrogen-bond donors (Lipinski definition) is 1. The molecule has 1 fully saturated rings. The number of carbonyl (C=O) groups is 3. The second kappa shape index (κ2) is 36.0. The molecular weight excluding hydrogens is 701 g/mol. The average Bonchev–Trinajstić information content (AvgIpc) is 3.17. The van der Waals surface area contributed by atoms with Gasteiger partial charge in [0, 0.05) is 39.1 Å². The Hall–Kier alpha value is -1.36. The summed E-state index contributed by atoms with van der Waals surface area (Å²) in [5, 5.41) is 8.30. The van der Waals surface area contributed by atoms with Crippen LogP contribution in [0.25, 0.3) is 0 Å². The highest BCUT2D eigenvalue weighted by Gasteiger charge is 2.36. The Bertz CT molecular complexity index is 902. The third-order valence-corrected chi connectivity index (χ3v) is 12.0. The summed E-state index contributed by atoms with van der Waals surface area (Å²) in [5.41, 5.74) is 0. The van der Waals surface area contributed by atoms with Crippen LogP contribution >= 0.6 is 11.8 Å². The summed E-state index contributed by atoms with van der Waals surface area (Å²) in [6.45, 7) is 14.1. The normalized spacial score (nSPS) is 15.5. The van der Waals surface area contributed by atoms with Crippen molar-refractivity contribution in [1.82, 2.24) is 9.80 Å². The Morgan fingerprint density at radius 2 is 1.04 bits per heavy atom. The minimum absolute atomic E-state index is 0.172. The molecule has 0 bridgehead atoms. The number of unbranched alkanes of at least 4 members (excludes halogenated alkanes) is 19. The van der Waals surface area contributed by atoms with Crippen LogP contribution in [0.5, 0.6) is 0 Å². The fourth-order valence-corrected chi connectivity index (χ4v) is 8.40. The van der Waals surface area contributed by atoms with Crippen molar-refractivity contribution >= 4 is 29.7 Å². The van der Waals surface area contributed by atoms with Gasteiger partial charge in [0.05, 0.1) is 25.1 Å². The van der Waals surface area contributed by atoms with Crippen molar-refractivity contribution in [3.8, 4) is 0 Å². The van der Waals surface area contributed by atoms with Crippen molar-refractivity contribution in [3.63, 3.8) is 0 Å². The molecule has 1 N–H and O–H groups in total. The maximum atomic E-state index is 13.3. The number of aliphatic hydroxyl groups excluding tert-OH is 1. The number of carbonyl (C=O) groups excluding carboxylic acids is 3. The van der Waals surface area contributed by atoms with E-state index in [1.54, 1.807) is 0 Å². The molecule has 1 aliphatic heterocycles. The van der Waals surface area contributed by atoms with E-state index in [4.69, 9.17) is 14.2 Å². The summed E-state index contributed by atoms with van der Waals surface area (Å²) in [4.78, 5) is 44.0. The number of esters is 3. The largest absolute Gasteiger partial charge is 0.465 e. The summed E-state index contributed by atoms with van der Waals surface area (Å²) in [7, 11) is 0. The molecule has 0 saturated carbocycles. The van der Waals surface area contributed by atoms with Gasteiger partial charge in [-0.15, -0.1) is 11.8 Å². The molecule has 3 unspecified atom stereocenters. The highest BCUT2D eigenvalue weighted by Crippen LogP contribution is 2.29. The number of rotatable bonds is 37. The fourth-order valence-electron chi connectivity index (χ4n) is 7.08. The standard InChI is InChI=1S/C44H84N2O7S/c1-5-8-10-11-12-13-14-15-16-17-18-19-20-21-22-23-24-26-38-52-43(49)39(4)54-40(28-25-9-6-2)42(44(50)51-37-7-3)53-41(48)29-27-30-45-31-33-46(34-32-45)35-36-47/h39-40,42,47H,5-38H2,1-4H3. The Balaban J connectivity index is 2.38. The molecule has 0 aromatic heterocycles. The first-order valence-corrected chi connectivity index (χ1v) is 23.5. The fraction of sp³-hybridized carbons (Fsp3) is 0.932. The molecule has 1 aliphatic rings. The van der Waals surface area contributed by atoms with E-state index in [1.165, 1.54) is 114 Å². The highest BCUT2D eigenvalue weighted by molar-refractivity contribution is 8.01. The minimum atomic E-state index is -1.06. The van der Waals surface area contributed by atoms with Gasteiger partial charge < -0.3 is 24.2 Å². The van der Waals surface area contributed by atoms with Crippen LogP contribution < -0.4 is 0 Å². The first kappa shape index (κ1) is 50.7. The number of nitrogens with zero attached hydrogens (tertiary/aromatic N) is 2. The summed E-state index contributed by atoms with van der Waals surface area (Å²) < 4.78 is 17.1. The van der Waals surface area contributed by atoms with E-state index in [9.17, 15) is 19.5 Å². The molecule has 0 spiro atoms. The lowest BCUT2D eigenvalue weighted by Gasteiger charge is -2.34. The van der Waals surface area contributed by atoms with Gasteiger partial charge in [-0.05, 0) is 39.2 Å². The van der Waals surface area contributed by atoms with Gasteiger partial charge in [-0.2, -0.15) is 0 Å². The van der Waals surface area contributed by atoms with Crippen LogP contribution in [-0.2, 0) is 28.6 Å². The van der Waals surface area contributed by atoms with Crippen LogP contribution in [0.2, 0.25) is 0 Å². The predicted octanol–water partition coefficient (Wildman–Crippen LogP) is 9.90. The number of aliphatic hydroxyl groups is 1. The van der Waals surface area contributed by atoms with Gasteiger partial charge >= 0.3 is 17.9 Å². The second-order valence-corrected chi connectivity index (χ2v) is 17.2. The molecular formula is C44H84N2O7S. The van der Waals surface area contributed by atoms with E-state index in [0.717, 1.165) is 64.8 Å². The molecule has 0 aromatic carbocycles. The van der Waals surface area contributed by atoms with E-state index < -0.39 is 28.5 Å². The maximum Gasteiger partial charge on any atom is 0.348 e. The molecule has 1 heterocycles. The van der Waals surface area contributed by atoms with Crippen LogP contribution in [0, 0.1) is 0 Å². The number of β-amino-alcohol motifs (C(OH)–C–C–N with tert-alkyl or cyclic N) is 1. The first-order valence-electron chi connectivity index (χ1n) is 22.6. The lowest BCUT2D eigenvalue weighted by atomic mass is 10.0. The van der Waals surface area contributed by atoms with Gasteiger partial charge in [0.1, 0.15) is 5.25 Å². The lowest BCUT2D eigenvalue weighted by molar-refractivity contribution is -0.168.